The van der Waals surface area contributed by atoms with Crippen molar-refractivity contribution in [2.45, 2.75) is 6.92 Å². The zero-order valence-corrected chi connectivity index (χ0v) is 8.58. The van der Waals surface area contributed by atoms with Crippen LogP contribution in [0, 0.1) is 10.1 Å². The van der Waals surface area contributed by atoms with Crippen LogP contribution in [-0.2, 0) is 0 Å². The van der Waals surface area contributed by atoms with E-state index in [1.165, 1.54) is 18.3 Å². The van der Waals surface area contributed by atoms with Crippen LogP contribution in [0.2, 0.25) is 0 Å². The van der Waals surface area contributed by atoms with Crippen molar-refractivity contribution in [1.29, 1.82) is 0 Å². The van der Waals surface area contributed by atoms with Gasteiger partial charge in [0, 0.05) is 12.1 Å². The summed E-state index contributed by atoms with van der Waals surface area (Å²) in [6, 6.07) is 4.34. The van der Waals surface area contributed by atoms with Gasteiger partial charge in [-0.15, -0.1) is 0 Å². The van der Waals surface area contributed by atoms with Gasteiger partial charge < -0.3 is 4.74 Å². The van der Waals surface area contributed by atoms with Crippen molar-refractivity contribution in [3.63, 3.8) is 0 Å². The minimum absolute atomic E-state index is 0.00552. The molecular weight excluding hydrogens is 210 g/mol. The Morgan fingerprint density at radius 3 is 2.94 bits per heavy atom. The lowest BCUT2D eigenvalue weighted by Gasteiger charge is -2.02. The maximum atomic E-state index is 10.5. The molecule has 6 nitrogen and oxygen atoms in total. The van der Waals surface area contributed by atoms with Gasteiger partial charge in [0.05, 0.1) is 28.8 Å². The van der Waals surface area contributed by atoms with E-state index in [9.17, 15) is 10.1 Å². The summed E-state index contributed by atoms with van der Waals surface area (Å²) < 4.78 is 5.18. The molecular formula is C10H9N3O3. The molecule has 0 fully saturated rings. The topological polar surface area (TPSA) is 78.2 Å². The van der Waals surface area contributed by atoms with Crippen LogP contribution < -0.4 is 4.74 Å². The van der Waals surface area contributed by atoms with Crippen LogP contribution in [0.15, 0.2) is 24.4 Å². The lowest BCUT2D eigenvalue weighted by Crippen LogP contribution is -1.96. The Morgan fingerprint density at radius 2 is 2.25 bits per heavy atom. The third kappa shape index (κ3) is 1.90. The largest absolute Gasteiger partial charge is 0.477 e. The fraction of sp³-hybridized carbons (Fsp3) is 0.200. The Labute approximate surface area is 91.0 Å². The van der Waals surface area contributed by atoms with Crippen LogP contribution in [0.25, 0.3) is 11.0 Å². The normalized spacial score (nSPS) is 10.3. The molecule has 2 rings (SSSR count). The number of non-ortho nitro benzene ring substituents is 1. The van der Waals surface area contributed by atoms with Gasteiger partial charge in [-0.1, -0.05) is 0 Å². The monoisotopic (exact) mass is 219 g/mol. The van der Waals surface area contributed by atoms with Crippen LogP contribution in [0.5, 0.6) is 5.88 Å². The molecule has 0 radical (unpaired) electrons. The highest BCUT2D eigenvalue weighted by atomic mass is 16.6. The highest BCUT2D eigenvalue weighted by Gasteiger charge is 2.08. The first-order chi connectivity index (χ1) is 7.70. The first-order valence-corrected chi connectivity index (χ1v) is 4.74. The van der Waals surface area contributed by atoms with E-state index in [2.05, 4.69) is 9.97 Å². The SMILES string of the molecule is CCOc1cnc2cc([N+](=O)[O-])ccc2n1. The minimum atomic E-state index is -0.461. The van der Waals surface area contributed by atoms with Crippen molar-refractivity contribution in [3.05, 3.63) is 34.5 Å². The van der Waals surface area contributed by atoms with E-state index in [1.54, 1.807) is 6.07 Å². The van der Waals surface area contributed by atoms with Crippen molar-refractivity contribution >= 4 is 16.7 Å². The number of nitrogens with zero attached hydrogens (tertiary/aromatic N) is 3. The summed E-state index contributed by atoms with van der Waals surface area (Å²) in [4.78, 5) is 18.3. The number of aromatic nitrogens is 2. The van der Waals surface area contributed by atoms with Crippen molar-refractivity contribution in [1.82, 2.24) is 9.97 Å². The molecule has 0 unspecified atom stereocenters. The maximum absolute atomic E-state index is 10.5. The molecule has 1 aromatic carbocycles. The second-order valence-electron chi connectivity index (χ2n) is 3.07. The molecule has 0 spiro atoms. The smallest absolute Gasteiger partial charge is 0.271 e. The Kier molecular flexibility index (Phi) is 2.63. The van der Waals surface area contributed by atoms with Crippen molar-refractivity contribution < 1.29 is 9.66 Å². The first-order valence-electron chi connectivity index (χ1n) is 4.74. The molecule has 16 heavy (non-hydrogen) atoms. The van der Waals surface area contributed by atoms with Crippen LogP contribution in [-0.4, -0.2) is 21.5 Å². The molecule has 0 amide bonds. The number of hydrogen-bond acceptors (Lipinski definition) is 5. The van der Waals surface area contributed by atoms with Crippen molar-refractivity contribution in [2.24, 2.45) is 0 Å². The van der Waals surface area contributed by atoms with Gasteiger partial charge in [0.25, 0.3) is 5.69 Å². The van der Waals surface area contributed by atoms with E-state index in [0.717, 1.165) is 0 Å². The number of hydrogen-bond donors (Lipinski definition) is 0. The van der Waals surface area contributed by atoms with E-state index in [1.807, 2.05) is 6.92 Å². The molecule has 0 N–H and O–H groups in total. The fourth-order valence-electron chi connectivity index (χ4n) is 1.31. The average molecular weight is 219 g/mol. The summed E-state index contributed by atoms with van der Waals surface area (Å²) in [5.74, 6) is 0.420. The molecule has 2 aromatic rings. The predicted octanol–water partition coefficient (Wildman–Crippen LogP) is 1.94. The van der Waals surface area contributed by atoms with Gasteiger partial charge in [-0.3, -0.25) is 10.1 Å². The van der Waals surface area contributed by atoms with Crippen LogP contribution in [0.3, 0.4) is 0 Å². The van der Waals surface area contributed by atoms with E-state index >= 15 is 0 Å². The van der Waals surface area contributed by atoms with Crippen molar-refractivity contribution in [2.75, 3.05) is 6.61 Å². The minimum Gasteiger partial charge on any atom is -0.477 e. The van der Waals surface area contributed by atoms with Gasteiger partial charge in [0.1, 0.15) is 0 Å². The number of nitro benzene ring substituents is 1. The second-order valence-corrected chi connectivity index (χ2v) is 3.07. The zero-order chi connectivity index (χ0) is 11.5. The molecule has 0 saturated carbocycles. The van der Waals surface area contributed by atoms with E-state index in [4.69, 9.17) is 4.74 Å². The van der Waals surface area contributed by atoms with E-state index < -0.39 is 4.92 Å². The molecule has 0 bridgehead atoms. The zero-order valence-electron chi connectivity index (χ0n) is 8.58. The standard InChI is InChI=1S/C10H9N3O3/c1-2-16-10-6-11-9-5-7(13(14)15)3-4-8(9)12-10/h3-6H,2H2,1H3. The van der Waals surface area contributed by atoms with E-state index in [0.29, 0.717) is 23.5 Å². The van der Waals surface area contributed by atoms with Gasteiger partial charge >= 0.3 is 0 Å². The molecule has 0 aliphatic heterocycles. The van der Waals surface area contributed by atoms with Gasteiger partial charge in [-0.25, -0.2) is 9.97 Å². The molecule has 0 atom stereocenters. The fourth-order valence-corrected chi connectivity index (χ4v) is 1.31. The molecule has 0 saturated heterocycles. The van der Waals surface area contributed by atoms with Crippen molar-refractivity contribution in [3.8, 4) is 5.88 Å². The highest BCUT2D eigenvalue weighted by molar-refractivity contribution is 5.77. The summed E-state index contributed by atoms with van der Waals surface area (Å²) in [5.41, 5.74) is 1.07. The predicted molar refractivity (Wildman–Crippen MR) is 57.4 cm³/mol. The number of rotatable bonds is 3. The van der Waals surface area contributed by atoms with Gasteiger partial charge in [0.2, 0.25) is 5.88 Å². The number of benzene rings is 1. The molecule has 1 heterocycles. The lowest BCUT2D eigenvalue weighted by atomic mass is 10.2. The Bertz CT molecular complexity index is 542. The molecule has 0 aliphatic rings. The van der Waals surface area contributed by atoms with E-state index in [-0.39, 0.29) is 5.69 Å². The molecule has 0 aliphatic carbocycles. The highest BCUT2D eigenvalue weighted by Crippen LogP contribution is 2.19. The molecule has 82 valence electrons. The average Bonchev–Trinajstić information content (AvgIpc) is 2.28. The second kappa shape index (κ2) is 4.09. The summed E-state index contributed by atoms with van der Waals surface area (Å²) >= 11 is 0. The Morgan fingerprint density at radius 1 is 1.44 bits per heavy atom. The number of nitro groups is 1. The van der Waals surface area contributed by atoms with Gasteiger partial charge in [-0.05, 0) is 13.0 Å². The van der Waals surface area contributed by atoms with Gasteiger partial charge in [-0.2, -0.15) is 0 Å². The Hall–Kier alpha value is -2.24. The van der Waals surface area contributed by atoms with Crippen LogP contribution in [0.1, 0.15) is 6.92 Å². The lowest BCUT2D eigenvalue weighted by molar-refractivity contribution is -0.384. The van der Waals surface area contributed by atoms with Crippen LogP contribution >= 0.6 is 0 Å². The number of ether oxygens (including phenoxy) is 1. The van der Waals surface area contributed by atoms with Gasteiger partial charge in [0.15, 0.2) is 0 Å². The third-order valence-corrected chi connectivity index (χ3v) is 2.01. The summed E-state index contributed by atoms with van der Waals surface area (Å²) in [5, 5.41) is 10.5. The third-order valence-electron chi connectivity index (χ3n) is 2.01. The summed E-state index contributed by atoms with van der Waals surface area (Å²) in [7, 11) is 0. The quantitative estimate of drug-likeness (QED) is 0.582. The van der Waals surface area contributed by atoms with Crippen LogP contribution in [0.4, 0.5) is 5.69 Å². The first kappa shape index (κ1) is 10.3. The maximum Gasteiger partial charge on any atom is 0.271 e. The Balaban J connectivity index is 2.48. The molecule has 6 heteroatoms. The molecule has 1 aromatic heterocycles. The summed E-state index contributed by atoms with van der Waals surface area (Å²) in [6.45, 7) is 2.36. The number of fused-ring (bicyclic) bond motifs is 1. The summed E-state index contributed by atoms with van der Waals surface area (Å²) in [6.07, 6.45) is 1.45.